The average molecular weight is 435 g/mol. The van der Waals surface area contributed by atoms with E-state index in [9.17, 15) is 4.79 Å². The maximum absolute atomic E-state index is 12.4. The van der Waals surface area contributed by atoms with Crippen LogP contribution < -0.4 is 16.2 Å². The van der Waals surface area contributed by atoms with E-state index >= 15 is 0 Å². The lowest BCUT2D eigenvalue weighted by Gasteiger charge is -2.06. The molecule has 0 amide bonds. The Kier molecular flexibility index (Phi) is 7.57. The number of rotatable bonds is 12. The van der Waals surface area contributed by atoms with Crippen molar-refractivity contribution >= 4 is 34.4 Å². The third kappa shape index (κ3) is 5.45. The second kappa shape index (κ2) is 10.5. The molecule has 160 valence electrons. The van der Waals surface area contributed by atoms with Crippen LogP contribution >= 0.6 is 12.2 Å². The van der Waals surface area contributed by atoms with Crippen LogP contribution in [0.5, 0.6) is 6.01 Å². The summed E-state index contributed by atoms with van der Waals surface area (Å²) in [6.45, 7) is 2.64. The Morgan fingerprint density at radius 3 is 2.97 bits per heavy atom. The number of fused-ring (bicyclic) bond motifs is 1. The van der Waals surface area contributed by atoms with Gasteiger partial charge in [-0.1, -0.05) is 5.21 Å². The zero-order chi connectivity index (χ0) is 21.3. The number of aromatic nitrogens is 7. The van der Waals surface area contributed by atoms with Gasteiger partial charge in [0.1, 0.15) is 17.8 Å². The van der Waals surface area contributed by atoms with E-state index in [-0.39, 0.29) is 25.0 Å². The van der Waals surface area contributed by atoms with Crippen molar-refractivity contribution in [1.29, 1.82) is 0 Å². The van der Waals surface area contributed by atoms with Crippen LogP contribution in [0, 0.1) is 0 Å². The molecule has 0 bridgehead atoms. The van der Waals surface area contributed by atoms with Crippen molar-refractivity contribution in [3.05, 3.63) is 22.4 Å². The third-order valence-corrected chi connectivity index (χ3v) is 4.06. The van der Waals surface area contributed by atoms with Crippen molar-refractivity contribution in [2.45, 2.75) is 13.1 Å². The molecule has 0 aliphatic heterocycles. The van der Waals surface area contributed by atoms with E-state index in [0.717, 1.165) is 0 Å². The first-order valence-corrected chi connectivity index (χ1v) is 9.41. The number of H-pyrrole nitrogens is 1. The Morgan fingerprint density at radius 1 is 1.30 bits per heavy atom. The Hall–Kier alpha value is -3.19. The molecule has 0 unspecified atom stereocenters. The van der Waals surface area contributed by atoms with Gasteiger partial charge in [0.15, 0.2) is 11.5 Å². The van der Waals surface area contributed by atoms with E-state index in [1.54, 1.807) is 18.0 Å². The predicted octanol–water partition coefficient (Wildman–Crippen LogP) is -0.514. The summed E-state index contributed by atoms with van der Waals surface area (Å²) in [4.78, 5) is 27.1. The molecule has 0 aliphatic carbocycles. The zero-order valence-corrected chi connectivity index (χ0v) is 17.1. The number of nitrogens with two attached hydrogens (primary N) is 1. The fourth-order valence-corrected chi connectivity index (χ4v) is 2.65. The lowest BCUT2D eigenvalue weighted by molar-refractivity contribution is 0.130. The molecule has 0 fully saturated rings. The minimum absolute atomic E-state index is 0.0589. The number of anilines is 1. The third-order valence-electron chi connectivity index (χ3n) is 3.93. The number of hydrogen-bond acceptors (Lipinski definition) is 11. The summed E-state index contributed by atoms with van der Waals surface area (Å²) < 4.78 is 18.8. The van der Waals surface area contributed by atoms with Crippen LogP contribution in [-0.2, 0) is 22.6 Å². The SMILES string of the molecule is COCCOc1nc(N)c2[nH]c(=O)n(Cc3cn(CCOCCN=C=S)nn3)c2n1. The predicted molar refractivity (Wildman–Crippen MR) is 110 cm³/mol. The van der Waals surface area contributed by atoms with Crippen LogP contribution in [0.4, 0.5) is 5.82 Å². The van der Waals surface area contributed by atoms with Crippen molar-refractivity contribution in [2.24, 2.45) is 4.99 Å². The van der Waals surface area contributed by atoms with Crippen molar-refractivity contribution in [2.75, 3.05) is 45.8 Å². The number of methoxy groups -OCH3 is 1. The van der Waals surface area contributed by atoms with Gasteiger partial charge in [0.2, 0.25) is 0 Å². The van der Waals surface area contributed by atoms with Crippen LogP contribution in [0.1, 0.15) is 5.69 Å². The highest BCUT2D eigenvalue weighted by molar-refractivity contribution is 7.78. The minimum Gasteiger partial charge on any atom is -0.461 e. The minimum atomic E-state index is -0.392. The number of hydrogen-bond donors (Lipinski definition) is 2. The van der Waals surface area contributed by atoms with Crippen LogP contribution in [0.15, 0.2) is 16.0 Å². The summed E-state index contributed by atoms with van der Waals surface area (Å²) in [5, 5.41) is 10.4. The van der Waals surface area contributed by atoms with Gasteiger partial charge in [-0.2, -0.15) is 9.97 Å². The number of isothiocyanates is 1. The van der Waals surface area contributed by atoms with Gasteiger partial charge in [0, 0.05) is 7.11 Å². The molecule has 0 saturated heterocycles. The van der Waals surface area contributed by atoms with E-state index in [1.165, 1.54) is 4.57 Å². The molecule has 0 aromatic carbocycles. The molecule has 3 aromatic heterocycles. The normalized spacial score (nSPS) is 11.0. The number of aliphatic imine (C=N–C) groups is 1. The molecule has 13 nitrogen and oxygen atoms in total. The fraction of sp³-hybridized carbons (Fsp3) is 0.500. The average Bonchev–Trinajstić information content (AvgIpc) is 3.30. The lowest BCUT2D eigenvalue weighted by atomic mass is 10.4. The number of ether oxygens (including phenoxy) is 3. The van der Waals surface area contributed by atoms with Gasteiger partial charge in [0.05, 0.1) is 50.8 Å². The second-order valence-electron chi connectivity index (χ2n) is 6.01. The van der Waals surface area contributed by atoms with Crippen LogP contribution in [0.2, 0.25) is 0 Å². The molecule has 0 radical (unpaired) electrons. The van der Waals surface area contributed by atoms with E-state index in [4.69, 9.17) is 19.9 Å². The first kappa shape index (κ1) is 21.5. The van der Waals surface area contributed by atoms with Gasteiger partial charge in [-0.3, -0.25) is 4.57 Å². The van der Waals surface area contributed by atoms with Crippen LogP contribution in [-0.4, -0.2) is 79.8 Å². The highest BCUT2D eigenvalue weighted by Gasteiger charge is 2.16. The monoisotopic (exact) mass is 435 g/mol. The van der Waals surface area contributed by atoms with E-state index in [1.807, 2.05) is 0 Å². The number of nitrogen functional groups attached to an aromatic ring is 1. The highest BCUT2D eigenvalue weighted by Crippen LogP contribution is 2.18. The molecular formula is C16H21N9O4S. The van der Waals surface area contributed by atoms with Crippen molar-refractivity contribution in [3.63, 3.8) is 0 Å². The quantitative estimate of drug-likeness (QED) is 0.215. The highest BCUT2D eigenvalue weighted by atomic mass is 32.1. The standard InChI is InChI=1S/C16H21N9O4S/c1-27-6-7-29-15-20-13(17)12-14(21-15)25(16(26)19-12)9-11-8-24(23-22-11)3-5-28-4-2-18-10-30/h8H,2-7,9H2,1H3,(H,19,26)(H2,17,20,21). The van der Waals surface area contributed by atoms with Crippen molar-refractivity contribution < 1.29 is 14.2 Å². The Labute approximate surface area is 175 Å². The fourth-order valence-electron chi connectivity index (χ4n) is 2.56. The van der Waals surface area contributed by atoms with Gasteiger partial charge in [-0.25, -0.2) is 14.5 Å². The Bertz CT molecular complexity index is 1090. The van der Waals surface area contributed by atoms with Crippen LogP contribution in [0.25, 0.3) is 11.2 Å². The first-order valence-electron chi connectivity index (χ1n) is 9.00. The van der Waals surface area contributed by atoms with Gasteiger partial charge in [0.25, 0.3) is 0 Å². The summed E-state index contributed by atoms with van der Waals surface area (Å²) >= 11 is 4.48. The first-order chi connectivity index (χ1) is 14.6. The van der Waals surface area contributed by atoms with Crippen molar-refractivity contribution in [3.8, 4) is 6.01 Å². The van der Waals surface area contributed by atoms with E-state index in [0.29, 0.717) is 49.8 Å². The van der Waals surface area contributed by atoms with Gasteiger partial charge >= 0.3 is 11.7 Å². The molecule has 14 heteroatoms. The summed E-state index contributed by atoms with van der Waals surface area (Å²) in [5.74, 6) is 0.113. The number of aromatic amines is 1. The number of nitrogens with zero attached hydrogens (tertiary/aromatic N) is 7. The number of thiocarbonyl (C=S) groups is 1. The molecule has 3 rings (SSSR count). The molecule has 0 aliphatic rings. The number of imidazole rings is 1. The zero-order valence-electron chi connectivity index (χ0n) is 16.3. The second-order valence-corrected chi connectivity index (χ2v) is 6.19. The molecular weight excluding hydrogens is 414 g/mol. The van der Waals surface area contributed by atoms with Gasteiger partial charge in [-0.15, -0.1) is 5.10 Å². The van der Waals surface area contributed by atoms with Gasteiger partial charge in [-0.05, 0) is 12.2 Å². The van der Waals surface area contributed by atoms with Gasteiger partial charge < -0.3 is 24.9 Å². The largest absolute Gasteiger partial charge is 0.461 e. The Balaban J connectivity index is 1.69. The molecule has 3 heterocycles. The number of nitrogens with one attached hydrogen (secondary N) is 1. The Morgan fingerprint density at radius 2 is 2.17 bits per heavy atom. The molecule has 3 aromatic rings. The summed E-state index contributed by atoms with van der Waals surface area (Å²) in [7, 11) is 1.56. The lowest BCUT2D eigenvalue weighted by Crippen LogP contribution is -2.18. The maximum atomic E-state index is 12.4. The summed E-state index contributed by atoms with van der Waals surface area (Å²) in [6, 6.07) is 0.0589. The topological polar surface area (TPSA) is 160 Å². The molecule has 0 atom stereocenters. The molecule has 0 spiro atoms. The summed E-state index contributed by atoms with van der Waals surface area (Å²) in [5.41, 5.74) is 6.76. The smallest absolute Gasteiger partial charge is 0.328 e. The summed E-state index contributed by atoms with van der Waals surface area (Å²) in [6.07, 6.45) is 1.73. The van der Waals surface area contributed by atoms with Crippen molar-refractivity contribution in [1.82, 2.24) is 34.5 Å². The molecule has 30 heavy (non-hydrogen) atoms. The molecule has 0 saturated carbocycles. The van der Waals surface area contributed by atoms with Crippen LogP contribution in [0.3, 0.4) is 0 Å². The van der Waals surface area contributed by atoms with E-state index in [2.05, 4.69) is 47.6 Å². The maximum Gasteiger partial charge on any atom is 0.328 e. The molecule has 3 N–H and O–H groups in total. The van der Waals surface area contributed by atoms with E-state index < -0.39 is 5.69 Å².